The van der Waals surface area contributed by atoms with Crippen LogP contribution in [0.1, 0.15) is 22.2 Å². The topological polar surface area (TPSA) is 60.2 Å². The largest absolute Gasteiger partial charge is 0.573 e. The number of thiazole rings is 1. The Kier molecular flexibility index (Phi) is 4.26. The van der Waals surface area contributed by atoms with Crippen LogP contribution in [-0.2, 0) is 0 Å². The van der Waals surface area contributed by atoms with Gasteiger partial charge in [-0.15, -0.1) is 24.5 Å². The second kappa shape index (κ2) is 5.78. The maximum Gasteiger partial charge on any atom is 0.573 e. The molecule has 0 spiro atoms. The second-order valence-corrected chi connectivity index (χ2v) is 4.91. The Balaban J connectivity index is 2.32. The molecule has 0 fully saturated rings. The molecule has 2 rings (SSSR count). The third-order valence-corrected chi connectivity index (χ3v) is 3.63. The standard InChI is InChI=1S/C12H12F3N3OS/c1-7-11(20-6-17-7)10(18-16)8-3-2-4-9(5-8)19-12(13,14)15/h2-6,10,18H,16H2,1H3. The summed E-state index contributed by atoms with van der Waals surface area (Å²) in [6, 6.07) is 5.27. The molecule has 3 N–H and O–H groups in total. The lowest BCUT2D eigenvalue weighted by molar-refractivity contribution is -0.274. The smallest absolute Gasteiger partial charge is 0.406 e. The molecule has 0 saturated heterocycles. The quantitative estimate of drug-likeness (QED) is 0.673. The summed E-state index contributed by atoms with van der Waals surface area (Å²) in [7, 11) is 0. The van der Waals surface area contributed by atoms with E-state index >= 15 is 0 Å². The van der Waals surface area contributed by atoms with Crippen molar-refractivity contribution in [3.63, 3.8) is 0 Å². The van der Waals surface area contributed by atoms with Gasteiger partial charge in [0.05, 0.1) is 22.1 Å². The van der Waals surface area contributed by atoms with E-state index in [9.17, 15) is 13.2 Å². The van der Waals surface area contributed by atoms with Gasteiger partial charge in [0, 0.05) is 0 Å². The Morgan fingerprint density at radius 3 is 2.70 bits per heavy atom. The van der Waals surface area contributed by atoms with Crippen LogP contribution in [0, 0.1) is 6.92 Å². The van der Waals surface area contributed by atoms with Crippen molar-refractivity contribution in [2.45, 2.75) is 19.3 Å². The number of aromatic nitrogens is 1. The second-order valence-electron chi connectivity index (χ2n) is 4.02. The van der Waals surface area contributed by atoms with Gasteiger partial charge < -0.3 is 4.74 Å². The van der Waals surface area contributed by atoms with Crippen molar-refractivity contribution >= 4 is 11.3 Å². The zero-order chi connectivity index (χ0) is 14.8. The number of nitrogens with zero attached hydrogens (tertiary/aromatic N) is 1. The van der Waals surface area contributed by atoms with Crippen LogP contribution < -0.4 is 16.0 Å². The van der Waals surface area contributed by atoms with Crippen molar-refractivity contribution in [3.05, 3.63) is 45.9 Å². The Morgan fingerprint density at radius 2 is 2.15 bits per heavy atom. The number of hydrazine groups is 1. The highest BCUT2D eigenvalue weighted by Crippen LogP contribution is 2.30. The molecule has 1 unspecified atom stereocenters. The van der Waals surface area contributed by atoms with Crippen molar-refractivity contribution in [3.8, 4) is 5.75 Å². The fraction of sp³-hybridized carbons (Fsp3) is 0.250. The van der Waals surface area contributed by atoms with Gasteiger partial charge in [0.2, 0.25) is 0 Å². The Morgan fingerprint density at radius 1 is 1.40 bits per heavy atom. The van der Waals surface area contributed by atoms with Crippen molar-refractivity contribution in [1.29, 1.82) is 0 Å². The van der Waals surface area contributed by atoms with Gasteiger partial charge in [-0.1, -0.05) is 12.1 Å². The first kappa shape index (κ1) is 14.8. The highest BCUT2D eigenvalue weighted by atomic mass is 32.1. The lowest BCUT2D eigenvalue weighted by Gasteiger charge is -2.17. The Hall–Kier alpha value is -1.64. The van der Waals surface area contributed by atoms with E-state index in [-0.39, 0.29) is 5.75 Å². The van der Waals surface area contributed by atoms with Gasteiger partial charge in [-0.3, -0.25) is 5.84 Å². The molecule has 0 bridgehead atoms. The number of rotatable bonds is 4. The normalized spacial score (nSPS) is 13.2. The fourth-order valence-electron chi connectivity index (χ4n) is 1.80. The predicted molar refractivity (Wildman–Crippen MR) is 69.1 cm³/mol. The summed E-state index contributed by atoms with van der Waals surface area (Å²) in [5, 5.41) is 0. The van der Waals surface area contributed by atoms with Crippen molar-refractivity contribution in [1.82, 2.24) is 10.4 Å². The van der Waals surface area contributed by atoms with Crippen molar-refractivity contribution < 1.29 is 17.9 Å². The van der Waals surface area contributed by atoms with Gasteiger partial charge in [0.15, 0.2) is 0 Å². The van der Waals surface area contributed by atoms with Gasteiger partial charge in [-0.05, 0) is 24.6 Å². The summed E-state index contributed by atoms with van der Waals surface area (Å²) >= 11 is 1.38. The molecule has 0 aliphatic heterocycles. The number of benzene rings is 1. The van der Waals surface area contributed by atoms with Crippen LogP contribution in [0.2, 0.25) is 0 Å². The molecule has 0 aliphatic rings. The minimum absolute atomic E-state index is 0.280. The number of hydrogen-bond donors (Lipinski definition) is 2. The predicted octanol–water partition coefficient (Wildman–Crippen LogP) is 2.90. The lowest BCUT2D eigenvalue weighted by Crippen LogP contribution is -2.28. The molecule has 0 saturated carbocycles. The van der Waals surface area contributed by atoms with E-state index in [0.717, 1.165) is 10.6 Å². The fourth-order valence-corrected chi connectivity index (χ4v) is 2.69. The van der Waals surface area contributed by atoms with Crippen LogP contribution in [0.4, 0.5) is 13.2 Å². The molecule has 2 aromatic rings. The average Bonchev–Trinajstić information content (AvgIpc) is 2.75. The van der Waals surface area contributed by atoms with Gasteiger partial charge in [0.25, 0.3) is 0 Å². The molecule has 20 heavy (non-hydrogen) atoms. The van der Waals surface area contributed by atoms with Crippen LogP contribution in [0.25, 0.3) is 0 Å². The van der Waals surface area contributed by atoms with Gasteiger partial charge in [-0.2, -0.15) is 0 Å². The molecule has 4 nitrogen and oxygen atoms in total. The molecule has 1 atom stereocenters. The van der Waals surface area contributed by atoms with E-state index in [4.69, 9.17) is 5.84 Å². The molecule has 1 heterocycles. The molecule has 1 aromatic heterocycles. The molecule has 1 aromatic carbocycles. The zero-order valence-electron chi connectivity index (χ0n) is 10.4. The molecule has 8 heteroatoms. The van der Waals surface area contributed by atoms with Crippen LogP contribution in [0.15, 0.2) is 29.8 Å². The molecule has 0 amide bonds. The number of alkyl halides is 3. The zero-order valence-corrected chi connectivity index (χ0v) is 11.3. The van der Waals surface area contributed by atoms with Crippen LogP contribution in [0.5, 0.6) is 5.75 Å². The Bertz CT molecular complexity index is 585. The molecular formula is C12H12F3N3OS. The molecular weight excluding hydrogens is 291 g/mol. The summed E-state index contributed by atoms with van der Waals surface area (Å²) < 4.78 is 40.6. The highest BCUT2D eigenvalue weighted by Gasteiger charge is 2.31. The molecule has 0 aliphatic carbocycles. The van der Waals surface area contributed by atoms with Gasteiger partial charge >= 0.3 is 6.36 Å². The van der Waals surface area contributed by atoms with Crippen LogP contribution in [0.3, 0.4) is 0 Å². The van der Waals surface area contributed by atoms with Crippen LogP contribution in [-0.4, -0.2) is 11.3 Å². The molecule has 0 radical (unpaired) electrons. The first-order valence-corrected chi connectivity index (χ1v) is 6.50. The number of hydrogen-bond acceptors (Lipinski definition) is 5. The number of aryl methyl sites for hydroxylation is 1. The minimum atomic E-state index is -4.72. The first-order valence-electron chi connectivity index (χ1n) is 5.62. The molecule has 108 valence electrons. The van der Waals surface area contributed by atoms with Crippen molar-refractivity contribution in [2.24, 2.45) is 5.84 Å². The summed E-state index contributed by atoms with van der Waals surface area (Å²) in [4.78, 5) is 4.95. The van der Waals surface area contributed by atoms with E-state index in [1.165, 1.54) is 29.5 Å². The highest BCUT2D eigenvalue weighted by molar-refractivity contribution is 7.09. The van der Waals surface area contributed by atoms with E-state index in [2.05, 4.69) is 15.1 Å². The third-order valence-electron chi connectivity index (χ3n) is 2.64. The summed E-state index contributed by atoms with van der Waals surface area (Å²) in [6.07, 6.45) is -4.72. The Labute approximate surface area is 117 Å². The number of nitrogens with one attached hydrogen (secondary N) is 1. The van der Waals surface area contributed by atoms with E-state index in [0.29, 0.717) is 5.56 Å². The number of halogens is 3. The van der Waals surface area contributed by atoms with E-state index in [1.54, 1.807) is 11.6 Å². The number of nitrogens with two attached hydrogens (primary N) is 1. The SMILES string of the molecule is Cc1ncsc1C(NN)c1cccc(OC(F)(F)F)c1. The minimum Gasteiger partial charge on any atom is -0.406 e. The van der Waals surface area contributed by atoms with E-state index in [1.807, 2.05) is 6.92 Å². The van der Waals surface area contributed by atoms with E-state index < -0.39 is 12.4 Å². The van der Waals surface area contributed by atoms with Crippen molar-refractivity contribution in [2.75, 3.05) is 0 Å². The first-order chi connectivity index (χ1) is 9.40. The van der Waals surface area contributed by atoms with Crippen LogP contribution >= 0.6 is 11.3 Å². The summed E-state index contributed by atoms with van der Waals surface area (Å²) in [5.74, 6) is 5.23. The van der Waals surface area contributed by atoms with Gasteiger partial charge in [0.1, 0.15) is 5.75 Å². The van der Waals surface area contributed by atoms with Gasteiger partial charge in [-0.25, -0.2) is 10.4 Å². The summed E-state index contributed by atoms with van der Waals surface area (Å²) in [5.41, 5.74) is 5.59. The monoisotopic (exact) mass is 303 g/mol. The third kappa shape index (κ3) is 3.47. The average molecular weight is 303 g/mol. The summed E-state index contributed by atoms with van der Waals surface area (Å²) in [6.45, 7) is 1.81. The maximum absolute atomic E-state index is 12.2. The lowest BCUT2D eigenvalue weighted by atomic mass is 10.0. The maximum atomic E-state index is 12.2. The number of ether oxygens (including phenoxy) is 1.